The van der Waals surface area contributed by atoms with Crippen molar-refractivity contribution in [1.82, 2.24) is 5.32 Å². The van der Waals surface area contributed by atoms with Crippen LogP contribution < -0.4 is 5.32 Å². The van der Waals surface area contributed by atoms with E-state index in [-0.39, 0.29) is 18.6 Å². The maximum absolute atomic E-state index is 11.8. The van der Waals surface area contributed by atoms with E-state index < -0.39 is 17.5 Å². The highest BCUT2D eigenvalue weighted by atomic mass is 16.5. The van der Waals surface area contributed by atoms with Crippen molar-refractivity contribution in [3.05, 3.63) is 35.9 Å². The highest BCUT2D eigenvalue weighted by Crippen LogP contribution is 2.57. The summed E-state index contributed by atoms with van der Waals surface area (Å²) in [7, 11) is 0. The molecule has 1 amide bonds. The van der Waals surface area contributed by atoms with Gasteiger partial charge in [-0.1, -0.05) is 30.3 Å². The first kappa shape index (κ1) is 13.9. The molecule has 2 N–H and O–H groups in total. The van der Waals surface area contributed by atoms with E-state index in [1.807, 2.05) is 30.3 Å². The molecule has 0 saturated heterocycles. The second-order valence-electron chi connectivity index (χ2n) is 5.96. The van der Waals surface area contributed by atoms with Gasteiger partial charge in [-0.05, 0) is 37.2 Å². The monoisotopic (exact) mass is 289 g/mol. The summed E-state index contributed by atoms with van der Waals surface area (Å²) >= 11 is 0. The first-order valence-corrected chi connectivity index (χ1v) is 7.32. The topological polar surface area (TPSA) is 75.6 Å². The molecule has 1 aromatic carbocycles. The number of nitrogens with one attached hydrogen (secondary N) is 1. The summed E-state index contributed by atoms with van der Waals surface area (Å²) in [6.07, 6.45) is 2.51. The smallest absolute Gasteiger partial charge is 0.407 e. The van der Waals surface area contributed by atoms with Gasteiger partial charge in [-0.15, -0.1) is 0 Å². The van der Waals surface area contributed by atoms with Crippen molar-refractivity contribution in [1.29, 1.82) is 0 Å². The Morgan fingerprint density at radius 2 is 1.95 bits per heavy atom. The van der Waals surface area contributed by atoms with Crippen molar-refractivity contribution < 1.29 is 19.4 Å². The van der Waals surface area contributed by atoms with Gasteiger partial charge in [0.1, 0.15) is 6.61 Å². The Balaban J connectivity index is 1.51. The van der Waals surface area contributed by atoms with Crippen LogP contribution in [0.25, 0.3) is 0 Å². The van der Waals surface area contributed by atoms with Gasteiger partial charge in [0.2, 0.25) is 0 Å². The summed E-state index contributed by atoms with van der Waals surface area (Å²) in [6, 6.07) is 9.41. The van der Waals surface area contributed by atoms with Gasteiger partial charge in [-0.3, -0.25) is 4.79 Å². The third-order valence-corrected chi connectivity index (χ3v) is 4.94. The van der Waals surface area contributed by atoms with Crippen molar-refractivity contribution in [3.8, 4) is 0 Å². The molecule has 2 saturated carbocycles. The van der Waals surface area contributed by atoms with Gasteiger partial charge in [-0.2, -0.15) is 0 Å². The summed E-state index contributed by atoms with van der Waals surface area (Å²) < 4.78 is 5.19. The predicted molar refractivity (Wildman–Crippen MR) is 75.6 cm³/mol. The molecule has 3 rings (SSSR count). The van der Waals surface area contributed by atoms with Crippen LogP contribution in [-0.4, -0.2) is 23.2 Å². The number of fused-ring (bicyclic) bond motifs is 1. The van der Waals surface area contributed by atoms with Crippen molar-refractivity contribution >= 4 is 12.1 Å². The molecule has 0 spiro atoms. The van der Waals surface area contributed by atoms with Crippen molar-refractivity contribution in [3.63, 3.8) is 0 Å². The van der Waals surface area contributed by atoms with Crippen molar-refractivity contribution in [2.75, 3.05) is 0 Å². The quantitative estimate of drug-likeness (QED) is 0.893. The fraction of sp³-hybridized carbons (Fsp3) is 0.500. The lowest BCUT2D eigenvalue weighted by Gasteiger charge is -2.43. The molecule has 0 unspecified atom stereocenters. The number of carboxylic acid groups (broad SMARTS) is 1. The highest BCUT2D eigenvalue weighted by Gasteiger charge is 2.59. The zero-order valence-corrected chi connectivity index (χ0v) is 11.7. The number of rotatable bonds is 4. The standard InChI is InChI=1S/C16H19NO4/c18-14(19)16-8-6-12(16)13(7-9-16)17-15(20)21-10-11-4-2-1-3-5-11/h1-5,12-13H,6-10H2,(H,17,20)(H,18,19)/t12-,13-,16-/m0/s1. The maximum Gasteiger partial charge on any atom is 0.407 e. The van der Waals surface area contributed by atoms with Crippen LogP contribution in [0.15, 0.2) is 30.3 Å². The number of aliphatic carboxylic acids is 1. The molecule has 0 bridgehead atoms. The van der Waals surface area contributed by atoms with Crippen LogP contribution in [0.4, 0.5) is 4.79 Å². The molecule has 0 radical (unpaired) electrons. The number of benzene rings is 1. The average Bonchev–Trinajstić information content (AvgIpc) is 2.69. The molecule has 3 atom stereocenters. The molecule has 112 valence electrons. The molecular weight excluding hydrogens is 270 g/mol. The van der Waals surface area contributed by atoms with Gasteiger partial charge in [0.15, 0.2) is 0 Å². The Hall–Kier alpha value is -2.04. The zero-order chi connectivity index (χ0) is 14.9. The highest BCUT2D eigenvalue weighted by molar-refractivity contribution is 5.77. The van der Waals surface area contributed by atoms with E-state index in [0.29, 0.717) is 6.42 Å². The van der Waals surface area contributed by atoms with Crippen LogP contribution in [0.1, 0.15) is 31.2 Å². The summed E-state index contributed by atoms with van der Waals surface area (Å²) in [4.78, 5) is 23.2. The van der Waals surface area contributed by atoms with Gasteiger partial charge in [0, 0.05) is 6.04 Å². The van der Waals surface area contributed by atoms with E-state index in [4.69, 9.17) is 4.74 Å². The van der Waals surface area contributed by atoms with Crippen molar-refractivity contribution in [2.24, 2.45) is 11.3 Å². The molecular formula is C16H19NO4. The minimum atomic E-state index is -0.722. The minimum absolute atomic E-state index is 0.0549. The number of carbonyl (C=O) groups is 2. The second kappa shape index (κ2) is 5.39. The molecule has 2 aliphatic rings. The van der Waals surface area contributed by atoms with E-state index in [2.05, 4.69) is 5.32 Å². The lowest BCUT2D eigenvalue weighted by atomic mass is 9.61. The Labute approximate surface area is 123 Å². The predicted octanol–water partition coefficient (Wildman–Crippen LogP) is 2.56. The van der Waals surface area contributed by atoms with Crippen LogP contribution in [0, 0.1) is 11.3 Å². The zero-order valence-electron chi connectivity index (χ0n) is 11.7. The number of ether oxygens (including phenoxy) is 1. The second-order valence-corrected chi connectivity index (χ2v) is 5.96. The maximum atomic E-state index is 11.8. The molecule has 0 aromatic heterocycles. The van der Waals surface area contributed by atoms with Crippen LogP contribution in [0.5, 0.6) is 0 Å². The van der Waals surface area contributed by atoms with Crippen LogP contribution in [0.2, 0.25) is 0 Å². The molecule has 2 fully saturated rings. The molecule has 5 nitrogen and oxygen atoms in total. The Bertz CT molecular complexity index is 544. The largest absolute Gasteiger partial charge is 0.481 e. The molecule has 2 aliphatic carbocycles. The lowest BCUT2D eigenvalue weighted by molar-refractivity contribution is -0.159. The number of hydrogen-bond donors (Lipinski definition) is 2. The van der Waals surface area contributed by atoms with Crippen LogP contribution in [0.3, 0.4) is 0 Å². The number of carbonyl (C=O) groups excluding carboxylic acids is 1. The van der Waals surface area contributed by atoms with E-state index in [1.54, 1.807) is 0 Å². The summed E-state index contributed by atoms with van der Waals surface area (Å²) in [6.45, 7) is 0.230. The lowest BCUT2D eigenvalue weighted by Crippen LogP contribution is -2.50. The van der Waals surface area contributed by atoms with E-state index >= 15 is 0 Å². The third-order valence-electron chi connectivity index (χ3n) is 4.94. The van der Waals surface area contributed by atoms with Gasteiger partial charge in [0.05, 0.1) is 5.41 Å². The molecule has 0 aliphatic heterocycles. The summed E-state index contributed by atoms with van der Waals surface area (Å²) in [5, 5.41) is 12.2. The fourth-order valence-corrected chi connectivity index (χ4v) is 3.63. The third kappa shape index (κ3) is 2.48. The summed E-state index contributed by atoms with van der Waals surface area (Å²) in [5.41, 5.74) is 0.333. The van der Waals surface area contributed by atoms with Gasteiger partial charge in [0.25, 0.3) is 0 Å². The number of alkyl carbamates (subject to hydrolysis) is 1. The number of amides is 1. The van der Waals surface area contributed by atoms with E-state index in [0.717, 1.165) is 24.8 Å². The van der Waals surface area contributed by atoms with E-state index in [9.17, 15) is 14.7 Å². The Morgan fingerprint density at radius 3 is 2.52 bits per heavy atom. The summed E-state index contributed by atoms with van der Waals surface area (Å²) in [5.74, 6) is -0.667. The first-order valence-electron chi connectivity index (χ1n) is 7.32. The average molecular weight is 289 g/mol. The SMILES string of the molecule is O=C(N[C@H]1CC[C@@]2(C(=O)O)CC[C@@H]12)OCc1ccccc1. The number of carboxylic acids is 1. The number of hydrogen-bond acceptors (Lipinski definition) is 3. The van der Waals surface area contributed by atoms with E-state index in [1.165, 1.54) is 0 Å². The van der Waals surface area contributed by atoms with Gasteiger partial charge in [-0.25, -0.2) is 4.79 Å². The molecule has 5 heteroatoms. The van der Waals surface area contributed by atoms with Crippen LogP contribution >= 0.6 is 0 Å². The normalized spacial score (nSPS) is 30.1. The van der Waals surface area contributed by atoms with Gasteiger partial charge < -0.3 is 15.2 Å². The molecule has 21 heavy (non-hydrogen) atoms. The van der Waals surface area contributed by atoms with Crippen molar-refractivity contribution in [2.45, 2.75) is 38.3 Å². The first-order chi connectivity index (χ1) is 10.1. The van der Waals surface area contributed by atoms with Crippen LogP contribution in [-0.2, 0) is 16.1 Å². The molecule has 1 aromatic rings. The molecule has 0 heterocycles. The Morgan fingerprint density at radius 1 is 1.24 bits per heavy atom. The van der Waals surface area contributed by atoms with Gasteiger partial charge >= 0.3 is 12.1 Å². The Kier molecular flexibility index (Phi) is 3.57. The fourth-order valence-electron chi connectivity index (χ4n) is 3.63. The minimum Gasteiger partial charge on any atom is -0.481 e.